The lowest BCUT2D eigenvalue weighted by Gasteiger charge is -2.15. The van der Waals surface area contributed by atoms with E-state index in [0.717, 1.165) is 5.56 Å². The molecule has 0 atom stereocenters. The van der Waals surface area contributed by atoms with Gasteiger partial charge in [0, 0.05) is 5.56 Å². The van der Waals surface area contributed by atoms with Crippen molar-refractivity contribution in [3.8, 4) is 11.4 Å². The average Bonchev–Trinajstić information content (AvgIpc) is 2.65. The summed E-state index contributed by atoms with van der Waals surface area (Å²) in [6, 6.07) is 9.78. The van der Waals surface area contributed by atoms with Crippen LogP contribution in [-0.2, 0) is 6.54 Å². The third kappa shape index (κ3) is 2.67. The van der Waals surface area contributed by atoms with E-state index in [1.165, 1.54) is 0 Å². The Balaban J connectivity index is 2.21. The molecule has 0 radical (unpaired) electrons. The van der Waals surface area contributed by atoms with Gasteiger partial charge in [0.2, 0.25) is 0 Å². The Hall–Kier alpha value is -1.68. The maximum atomic E-state index is 9.66. The molecule has 0 saturated heterocycles. The number of rotatable bonds is 3. The summed E-state index contributed by atoms with van der Waals surface area (Å²) in [6.45, 7) is 3.93. The average molecular weight is 217 g/mol. The molecule has 1 aromatic carbocycles. The van der Waals surface area contributed by atoms with E-state index in [0.29, 0.717) is 12.4 Å². The predicted molar refractivity (Wildman–Crippen MR) is 61.8 cm³/mol. The number of nitrogens with zero attached hydrogens (tertiary/aromatic N) is 3. The van der Waals surface area contributed by atoms with Crippen LogP contribution < -0.4 is 0 Å². The van der Waals surface area contributed by atoms with E-state index in [-0.39, 0.29) is 0 Å². The second-order valence-corrected chi connectivity index (χ2v) is 4.44. The first kappa shape index (κ1) is 10.8. The molecule has 0 bridgehead atoms. The fourth-order valence-electron chi connectivity index (χ4n) is 1.49. The Morgan fingerprint density at radius 1 is 1.25 bits per heavy atom. The van der Waals surface area contributed by atoms with Crippen molar-refractivity contribution in [1.29, 1.82) is 0 Å². The van der Waals surface area contributed by atoms with Crippen LogP contribution in [0, 0.1) is 0 Å². The summed E-state index contributed by atoms with van der Waals surface area (Å²) in [5, 5.41) is 14.0. The molecule has 0 aliphatic heterocycles. The van der Waals surface area contributed by atoms with E-state index in [1.807, 2.05) is 30.3 Å². The van der Waals surface area contributed by atoms with E-state index < -0.39 is 5.60 Å². The maximum Gasteiger partial charge on any atom is 0.181 e. The summed E-state index contributed by atoms with van der Waals surface area (Å²) < 4.78 is 1.66. The van der Waals surface area contributed by atoms with Crippen LogP contribution in [0.4, 0.5) is 0 Å². The Morgan fingerprint density at radius 2 is 1.94 bits per heavy atom. The third-order valence-corrected chi connectivity index (χ3v) is 2.12. The summed E-state index contributed by atoms with van der Waals surface area (Å²) in [7, 11) is 0. The number of aromatic nitrogens is 3. The van der Waals surface area contributed by atoms with Gasteiger partial charge in [-0.05, 0) is 13.8 Å². The molecule has 84 valence electrons. The Bertz CT molecular complexity index is 457. The lowest BCUT2D eigenvalue weighted by Crippen LogP contribution is -2.26. The summed E-state index contributed by atoms with van der Waals surface area (Å²) in [6.07, 6.45) is 1.64. The van der Waals surface area contributed by atoms with Gasteiger partial charge in [-0.25, -0.2) is 9.67 Å². The quantitative estimate of drug-likeness (QED) is 0.851. The van der Waals surface area contributed by atoms with Crippen LogP contribution >= 0.6 is 0 Å². The minimum Gasteiger partial charge on any atom is -0.389 e. The number of hydrogen-bond donors (Lipinski definition) is 1. The number of aliphatic hydroxyl groups is 1. The van der Waals surface area contributed by atoms with Crippen LogP contribution in [0.25, 0.3) is 11.4 Å². The van der Waals surface area contributed by atoms with Crippen molar-refractivity contribution in [1.82, 2.24) is 14.8 Å². The second-order valence-electron chi connectivity index (χ2n) is 4.44. The normalized spacial score (nSPS) is 11.7. The zero-order valence-electron chi connectivity index (χ0n) is 9.46. The highest BCUT2D eigenvalue weighted by Crippen LogP contribution is 2.13. The summed E-state index contributed by atoms with van der Waals surface area (Å²) in [4.78, 5) is 4.21. The van der Waals surface area contributed by atoms with E-state index in [9.17, 15) is 5.11 Å². The molecule has 1 heterocycles. The number of hydrogen-bond acceptors (Lipinski definition) is 3. The summed E-state index contributed by atoms with van der Waals surface area (Å²) >= 11 is 0. The summed E-state index contributed by atoms with van der Waals surface area (Å²) in [5.41, 5.74) is 0.207. The standard InChI is InChI=1S/C12H15N3O/c1-12(2,16)8-15-9-13-11(14-15)10-6-4-3-5-7-10/h3-7,9,16H,8H2,1-2H3. The monoisotopic (exact) mass is 217 g/mol. The Labute approximate surface area is 94.6 Å². The molecule has 16 heavy (non-hydrogen) atoms. The van der Waals surface area contributed by atoms with Crippen molar-refractivity contribution in [2.24, 2.45) is 0 Å². The van der Waals surface area contributed by atoms with Crippen LogP contribution in [-0.4, -0.2) is 25.5 Å². The fourth-order valence-corrected chi connectivity index (χ4v) is 1.49. The van der Waals surface area contributed by atoms with Gasteiger partial charge in [0.1, 0.15) is 6.33 Å². The highest BCUT2D eigenvalue weighted by Gasteiger charge is 2.14. The summed E-state index contributed by atoms with van der Waals surface area (Å²) in [5.74, 6) is 0.685. The molecular weight excluding hydrogens is 202 g/mol. The van der Waals surface area contributed by atoms with E-state index in [2.05, 4.69) is 10.1 Å². The largest absolute Gasteiger partial charge is 0.389 e. The van der Waals surface area contributed by atoms with Gasteiger partial charge < -0.3 is 5.11 Å². The molecule has 4 heteroatoms. The van der Waals surface area contributed by atoms with Crippen molar-refractivity contribution < 1.29 is 5.11 Å². The molecule has 2 rings (SSSR count). The van der Waals surface area contributed by atoms with Crippen molar-refractivity contribution >= 4 is 0 Å². The third-order valence-electron chi connectivity index (χ3n) is 2.12. The van der Waals surface area contributed by atoms with Gasteiger partial charge in [-0.3, -0.25) is 0 Å². The van der Waals surface area contributed by atoms with E-state index in [4.69, 9.17) is 0 Å². The van der Waals surface area contributed by atoms with Crippen LogP contribution in [0.2, 0.25) is 0 Å². The molecule has 0 aliphatic rings. The highest BCUT2D eigenvalue weighted by atomic mass is 16.3. The van der Waals surface area contributed by atoms with Crippen LogP contribution in [0.3, 0.4) is 0 Å². The van der Waals surface area contributed by atoms with Crippen molar-refractivity contribution in [3.63, 3.8) is 0 Å². The van der Waals surface area contributed by atoms with Gasteiger partial charge in [0.05, 0.1) is 12.1 Å². The van der Waals surface area contributed by atoms with Crippen molar-refractivity contribution in [3.05, 3.63) is 36.7 Å². The Morgan fingerprint density at radius 3 is 2.56 bits per heavy atom. The number of benzene rings is 1. The molecule has 0 fully saturated rings. The van der Waals surface area contributed by atoms with E-state index >= 15 is 0 Å². The first-order chi connectivity index (χ1) is 7.54. The molecule has 1 N–H and O–H groups in total. The van der Waals surface area contributed by atoms with Gasteiger partial charge >= 0.3 is 0 Å². The molecule has 4 nitrogen and oxygen atoms in total. The van der Waals surface area contributed by atoms with Crippen LogP contribution in [0.5, 0.6) is 0 Å². The predicted octanol–water partition coefficient (Wildman–Crippen LogP) is 1.72. The Kier molecular flexibility index (Phi) is 2.75. The zero-order valence-corrected chi connectivity index (χ0v) is 9.46. The molecule has 1 aromatic heterocycles. The first-order valence-electron chi connectivity index (χ1n) is 5.22. The molecule has 0 aliphatic carbocycles. The van der Waals surface area contributed by atoms with Gasteiger partial charge in [-0.15, -0.1) is 0 Å². The minimum absolute atomic E-state index is 0.437. The topological polar surface area (TPSA) is 50.9 Å². The molecule has 2 aromatic rings. The van der Waals surface area contributed by atoms with Gasteiger partial charge in [-0.2, -0.15) is 5.10 Å². The van der Waals surface area contributed by atoms with Crippen LogP contribution in [0.15, 0.2) is 36.7 Å². The van der Waals surface area contributed by atoms with E-state index in [1.54, 1.807) is 24.9 Å². The maximum absolute atomic E-state index is 9.66. The molecule has 0 saturated carbocycles. The van der Waals surface area contributed by atoms with Crippen molar-refractivity contribution in [2.45, 2.75) is 26.0 Å². The highest BCUT2D eigenvalue weighted by molar-refractivity contribution is 5.53. The van der Waals surface area contributed by atoms with Gasteiger partial charge in [-0.1, -0.05) is 30.3 Å². The lowest BCUT2D eigenvalue weighted by molar-refractivity contribution is 0.0577. The fraction of sp³-hybridized carbons (Fsp3) is 0.333. The van der Waals surface area contributed by atoms with Gasteiger partial charge in [0.25, 0.3) is 0 Å². The SMILES string of the molecule is CC(C)(O)Cn1cnc(-c2ccccc2)n1. The molecule has 0 spiro atoms. The van der Waals surface area contributed by atoms with Crippen molar-refractivity contribution in [2.75, 3.05) is 0 Å². The van der Waals surface area contributed by atoms with Gasteiger partial charge in [0.15, 0.2) is 5.82 Å². The zero-order chi connectivity index (χ0) is 11.6. The minimum atomic E-state index is -0.776. The molecule has 0 unspecified atom stereocenters. The molecule has 0 amide bonds. The smallest absolute Gasteiger partial charge is 0.181 e. The van der Waals surface area contributed by atoms with Crippen LogP contribution in [0.1, 0.15) is 13.8 Å². The molecular formula is C12H15N3O. The first-order valence-corrected chi connectivity index (χ1v) is 5.22. The second kappa shape index (κ2) is 4.06. The lowest BCUT2D eigenvalue weighted by atomic mass is 10.1.